The first-order valence-corrected chi connectivity index (χ1v) is 8.55. The quantitative estimate of drug-likeness (QED) is 0.667. The van der Waals surface area contributed by atoms with Gasteiger partial charge < -0.3 is 14.6 Å². The number of anilines is 1. The summed E-state index contributed by atoms with van der Waals surface area (Å²) in [7, 11) is 1.60. The van der Waals surface area contributed by atoms with Gasteiger partial charge in [-0.1, -0.05) is 28.9 Å². The highest BCUT2D eigenvalue weighted by Crippen LogP contribution is 2.27. The predicted octanol–water partition coefficient (Wildman–Crippen LogP) is 4.36. The Kier molecular flexibility index (Phi) is 5.86. The van der Waals surface area contributed by atoms with Gasteiger partial charge in [-0.25, -0.2) is 0 Å². The summed E-state index contributed by atoms with van der Waals surface area (Å²) in [5, 5.41) is 7.44. The second kappa shape index (κ2) is 8.49. The van der Waals surface area contributed by atoms with E-state index in [0.717, 1.165) is 11.3 Å². The van der Waals surface area contributed by atoms with Crippen molar-refractivity contribution in [2.45, 2.75) is 19.3 Å². The fourth-order valence-corrected chi connectivity index (χ4v) is 2.58. The third-order valence-corrected chi connectivity index (χ3v) is 3.99. The highest BCUT2D eigenvalue weighted by atomic mass is 35.5. The van der Waals surface area contributed by atoms with Crippen LogP contribution in [0, 0.1) is 0 Å². The van der Waals surface area contributed by atoms with Gasteiger partial charge in [-0.2, -0.15) is 4.98 Å². The summed E-state index contributed by atoms with van der Waals surface area (Å²) in [6, 6.07) is 14.5. The van der Waals surface area contributed by atoms with E-state index < -0.39 is 0 Å². The minimum Gasteiger partial charge on any atom is -0.496 e. The smallest absolute Gasteiger partial charge is 0.226 e. The number of carbonyl (C=O) groups excluding carboxylic acids is 1. The van der Waals surface area contributed by atoms with Crippen molar-refractivity contribution in [2.75, 3.05) is 12.4 Å². The SMILES string of the molecule is COc1ccccc1-c1noc(CCCC(=O)Nc2ccc(Cl)cc2)n1. The normalized spacial score (nSPS) is 10.5. The molecule has 0 spiro atoms. The summed E-state index contributed by atoms with van der Waals surface area (Å²) in [5.41, 5.74) is 1.49. The number of rotatable bonds is 7. The molecule has 0 saturated heterocycles. The number of halogens is 1. The van der Waals surface area contributed by atoms with Gasteiger partial charge in [0.25, 0.3) is 0 Å². The Bertz CT molecular complexity index is 878. The molecule has 0 aliphatic rings. The number of hydrogen-bond acceptors (Lipinski definition) is 5. The fourth-order valence-electron chi connectivity index (χ4n) is 2.45. The monoisotopic (exact) mass is 371 g/mol. The molecule has 0 bridgehead atoms. The maximum Gasteiger partial charge on any atom is 0.226 e. The first-order chi connectivity index (χ1) is 12.7. The Morgan fingerprint density at radius 1 is 1.19 bits per heavy atom. The van der Waals surface area contributed by atoms with Crippen molar-refractivity contribution in [1.82, 2.24) is 10.1 Å². The standard InChI is InChI=1S/C19H18ClN3O3/c1-25-16-6-3-2-5-15(16)19-22-18(26-23-19)8-4-7-17(24)21-14-11-9-13(20)10-12-14/h2-3,5-6,9-12H,4,7-8H2,1H3,(H,21,24). The number of methoxy groups -OCH3 is 1. The van der Waals surface area contributed by atoms with Crippen molar-refractivity contribution >= 4 is 23.2 Å². The molecule has 1 amide bonds. The second-order valence-electron chi connectivity index (χ2n) is 5.62. The Morgan fingerprint density at radius 3 is 2.73 bits per heavy atom. The lowest BCUT2D eigenvalue weighted by Crippen LogP contribution is -2.11. The fraction of sp³-hybridized carbons (Fsp3) is 0.211. The number of aromatic nitrogens is 2. The summed E-state index contributed by atoms with van der Waals surface area (Å²) in [6.07, 6.45) is 1.48. The lowest BCUT2D eigenvalue weighted by Gasteiger charge is -2.04. The lowest BCUT2D eigenvalue weighted by molar-refractivity contribution is -0.116. The number of nitrogens with one attached hydrogen (secondary N) is 1. The number of hydrogen-bond donors (Lipinski definition) is 1. The molecule has 0 atom stereocenters. The predicted molar refractivity (Wildman–Crippen MR) is 99.3 cm³/mol. The maximum absolute atomic E-state index is 12.0. The molecule has 3 rings (SSSR count). The van der Waals surface area contributed by atoms with E-state index in [4.69, 9.17) is 20.9 Å². The van der Waals surface area contributed by atoms with E-state index in [-0.39, 0.29) is 5.91 Å². The highest BCUT2D eigenvalue weighted by molar-refractivity contribution is 6.30. The summed E-state index contributed by atoms with van der Waals surface area (Å²) in [6.45, 7) is 0. The molecule has 6 nitrogen and oxygen atoms in total. The van der Waals surface area contributed by atoms with E-state index in [1.54, 1.807) is 31.4 Å². The Morgan fingerprint density at radius 2 is 1.96 bits per heavy atom. The summed E-state index contributed by atoms with van der Waals surface area (Å²) in [5.74, 6) is 1.58. The molecule has 3 aromatic rings. The summed E-state index contributed by atoms with van der Waals surface area (Å²) >= 11 is 5.82. The van der Waals surface area contributed by atoms with Gasteiger partial charge in [0.05, 0.1) is 12.7 Å². The van der Waals surface area contributed by atoms with Crippen LogP contribution in [0.4, 0.5) is 5.69 Å². The molecule has 1 heterocycles. The van der Waals surface area contributed by atoms with E-state index in [0.29, 0.717) is 41.7 Å². The van der Waals surface area contributed by atoms with Gasteiger partial charge in [-0.3, -0.25) is 4.79 Å². The van der Waals surface area contributed by atoms with Crippen LogP contribution in [0.5, 0.6) is 5.75 Å². The van der Waals surface area contributed by atoms with Crippen LogP contribution in [0.25, 0.3) is 11.4 Å². The molecule has 26 heavy (non-hydrogen) atoms. The zero-order valence-electron chi connectivity index (χ0n) is 14.2. The lowest BCUT2D eigenvalue weighted by atomic mass is 10.2. The molecular weight excluding hydrogens is 354 g/mol. The number of ether oxygens (including phenoxy) is 1. The van der Waals surface area contributed by atoms with Gasteiger partial charge in [-0.05, 0) is 42.8 Å². The molecule has 0 radical (unpaired) electrons. The average molecular weight is 372 g/mol. The number of nitrogens with zero attached hydrogens (tertiary/aromatic N) is 2. The van der Waals surface area contributed by atoms with Crippen LogP contribution in [0.3, 0.4) is 0 Å². The number of benzene rings is 2. The maximum atomic E-state index is 12.0. The minimum absolute atomic E-state index is 0.0724. The van der Waals surface area contributed by atoms with Gasteiger partial charge in [0.15, 0.2) is 0 Å². The Labute approximate surface area is 156 Å². The molecule has 1 aromatic heterocycles. The van der Waals surface area contributed by atoms with Gasteiger partial charge in [-0.15, -0.1) is 0 Å². The molecule has 0 aliphatic heterocycles. The molecule has 0 aliphatic carbocycles. The van der Waals surface area contributed by atoms with Crippen LogP contribution in [0.2, 0.25) is 5.02 Å². The first kappa shape index (κ1) is 17.9. The van der Waals surface area contributed by atoms with Crippen LogP contribution >= 0.6 is 11.6 Å². The van der Waals surface area contributed by atoms with Crippen molar-refractivity contribution in [3.8, 4) is 17.1 Å². The van der Waals surface area contributed by atoms with E-state index in [9.17, 15) is 4.79 Å². The number of amides is 1. The zero-order chi connectivity index (χ0) is 18.4. The number of para-hydroxylation sites is 1. The van der Waals surface area contributed by atoms with E-state index in [1.165, 1.54) is 0 Å². The van der Waals surface area contributed by atoms with Crippen molar-refractivity contribution in [3.05, 3.63) is 59.4 Å². The van der Waals surface area contributed by atoms with Crippen LogP contribution in [-0.4, -0.2) is 23.2 Å². The third kappa shape index (κ3) is 4.61. The van der Waals surface area contributed by atoms with Gasteiger partial charge in [0.1, 0.15) is 5.75 Å². The van der Waals surface area contributed by atoms with Crippen LogP contribution in [-0.2, 0) is 11.2 Å². The summed E-state index contributed by atoms with van der Waals surface area (Å²) < 4.78 is 10.6. The largest absolute Gasteiger partial charge is 0.496 e. The second-order valence-corrected chi connectivity index (χ2v) is 6.06. The minimum atomic E-state index is -0.0724. The molecule has 7 heteroatoms. The molecular formula is C19H18ClN3O3. The van der Waals surface area contributed by atoms with Crippen molar-refractivity contribution in [3.63, 3.8) is 0 Å². The van der Waals surface area contributed by atoms with Gasteiger partial charge >= 0.3 is 0 Å². The molecule has 1 N–H and O–H groups in total. The van der Waals surface area contributed by atoms with E-state index in [1.807, 2.05) is 24.3 Å². The number of carbonyl (C=O) groups is 1. The average Bonchev–Trinajstić information content (AvgIpc) is 3.12. The Hall–Kier alpha value is -2.86. The van der Waals surface area contributed by atoms with Crippen molar-refractivity contribution in [1.29, 1.82) is 0 Å². The van der Waals surface area contributed by atoms with Crippen LogP contribution in [0.15, 0.2) is 53.1 Å². The molecule has 0 saturated carbocycles. The molecule has 0 fully saturated rings. The summed E-state index contributed by atoms with van der Waals surface area (Å²) in [4.78, 5) is 16.3. The third-order valence-electron chi connectivity index (χ3n) is 3.74. The molecule has 0 unspecified atom stereocenters. The van der Waals surface area contributed by atoms with Gasteiger partial charge in [0, 0.05) is 23.6 Å². The molecule has 134 valence electrons. The van der Waals surface area contributed by atoms with E-state index in [2.05, 4.69) is 15.5 Å². The highest BCUT2D eigenvalue weighted by Gasteiger charge is 2.13. The van der Waals surface area contributed by atoms with Crippen molar-refractivity contribution < 1.29 is 14.1 Å². The topological polar surface area (TPSA) is 77.2 Å². The molecule has 2 aromatic carbocycles. The Balaban J connectivity index is 1.52. The van der Waals surface area contributed by atoms with E-state index >= 15 is 0 Å². The number of aryl methyl sites for hydroxylation is 1. The van der Waals surface area contributed by atoms with Crippen LogP contribution < -0.4 is 10.1 Å². The van der Waals surface area contributed by atoms with Crippen LogP contribution in [0.1, 0.15) is 18.7 Å². The zero-order valence-corrected chi connectivity index (χ0v) is 15.0. The van der Waals surface area contributed by atoms with Crippen molar-refractivity contribution in [2.24, 2.45) is 0 Å². The first-order valence-electron chi connectivity index (χ1n) is 8.17. The van der Waals surface area contributed by atoms with Gasteiger partial charge in [0.2, 0.25) is 17.6 Å².